The average molecular weight is 237 g/mol. The van der Waals surface area contributed by atoms with E-state index in [0.29, 0.717) is 0 Å². The van der Waals surface area contributed by atoms with Crippen molar-refractivity contribution in [3.63, 3.8) is 0 Å². The summed E-state index contributed by atoms with van der Waals surface area (Å²) in [5, 5.41) is 0. The highest BCUT2D eigenvalue weighted by Crippen LogP contribution is 2.16. The lowest BCUT2D eigenvalue weighted by molar-refractivity contribution is 0.571. The van der Waals surface area contributed by atoms with Gasteiger partial charge in [0.1, 0.15) is 0 Å². The second kappa shape index (κ2) is 13.8. The molecule has 0 saturated heterocycles. The summed E-state index contributed by atoms with van der Waals surface area (Å²) in [5.41, 5.74) is 1.46. The van der Waals surface area contributed by atoms with Crippen LogP contribution in [0, 0.1) is 6.92 Å². The molecule has 0 spiro atoms. The highest BCUT2D eigenvalue weighted by molar-refractivity contribution is 4.93. The van der Waals surface area contributed by atoms with Crippen LogP contribution in [0.15, 0.2) is 12.2 Å². The van der Waals surface area contributed by atoms with Gasteiger partial charge in [0.15, 0.2) is 0 Å². The molecule has 0 aromatic heterocycles. The molecule has 0 fully saturated rings. The van der Waals surface area contributed by atoms with Crippen molar-refractivity contribution in [3.8, 4) is 0 Å². The van der Waals surface area contributed by atoms with Crippen molar-refractivity contribution in [1.29, 1.82) is 0 Å². The predicted molar refractivity (Wildman–Crippen MR) is 80.2 cm³/mol. The molecule has 0 aromatic rings. The molecule has 0 aromatic carbocycles. The molecule has 0 aliphatic rings. The molecule has 0 saturated carbocycles. The molecule has 0 rings (SSSR count). The lowest BCUT2D eigenvalue weighted by atomic mass is 10.0. The summed E-state index contributed by atoms with van der Waals surface area (Å²) in [6.45, 7) is 10.3. The molecule has 0 nitrogen and oxygen atoms in total. The molecule has 0 aliphatic carbocycles. The van der Waals surface area contributed by atoms with Gasteiger partial charge in [0, 0.05) is 0 Å². The third-order valence-corrected chi connectivity index (χ3v) is 3.41. The van der Waals surface area contributed by atoms with Crippen molar-refractivity contribution in [1.82, 2.24) is 0 Å². The van der Waals surface area contributed by atoms with Gasteiger partial charge in [0.2, 0.25) is 0 Å². The Kier molecular flexibility index (Phi) is 13.6. The van der Waals surface area contributed by atoms with E-state index in [1.807, 2.05) is 0 Å². The topological polar surface area (TPSA) is 0 Å². The normalized spacial score (nSPS) is 10.7. The third-order valence-electron chi connectivity index (χ3n) is 3.41. The van der Waals surface area contributed by atoms with E-state index < -0.39 is 0 Å². The Morgan fingerprint density at radius 1 is 0.706 bits per heavy atom. The van der Waals surface area contributed by atoms with Crippen LogP contribution in [0.5, 0.6) is 0 Å². The summed E-state index contributed by atoms with van der Waals surface area (Å²) in [7, 11) is 0. The van der Waals surface area contributed by atoms with E-state index in [1.165, 1.54) is 82.6 Å². The van der Waals surface area contributed by atoms with Crippen LogP contribution in [0.1, 0.15) is 90.4 Å². The molecule has 0 heterocycles. The average Bonchev–Trinajstić information content (AvgIpc) is 2.33. The lowest BCUT2D eigenvalue weighted by Gasteiger charge is -2.05. The zero-order valence-corrected chi connectivity index (χ0v) is 12.1. The Bertz CT molecular complexity index is 157. The highest BCUT2D eigenvalue weighted by Gasteiger charge is 1.96. The summed E-state index contributed by atoms with van der Waals surface area (Å²) in [5.74, 6) is 0. The molecular formula is C17H33. The molecule has 101 valence electrons. The molecule has 0 heteroatoms. The van der Waals surface area contributed by atoms with Gasteiger partial charge in [0.05, 0.1) is 0 Å². The second-order valence-electron chi connectivity index (χ2n) is 5.29. The van der Waals surface area contributed by atoms with E-state index in [1.54, 1.807) is 0 Å². The zero-order chi connectivity index (χ0) is 12.8. The second-order valence-corrected chi connectivity index (χ2v) is 5.29. The lowest BCUT2D eigenvalue weighted by Crippen LogP contribution is -1.85. The van der Waals surface area contributed by atoms with Crippen LogP contribution in [0.4, 0.5) is 0 Å². The van der Waals surface area contributed by atoms with Gasteiger partial charge in [-0.3, -0.25) is 0 Å². The molecule has 0 amide bonds. The molecule has 1 radical (unpaired) electrons. The number of hydrogen-bond acceptors (Lipinski definition) is 0. The smallest absolute Gasteiger partial charge is 0.0323 e. The van der Waals surface area contributed by atoms with E-state index in [0.717, 1.165) is 6.42 Å². The van der Waals surface area contributed by atoms with E-state index in [4.69, 9.17) is 0 Å². The molecule has 0 N–H and O–H groups in total. The van der Waals surface area contributed by atoms with Gasteiger partial charge in [-0.15, -0.1) is 0 Å². The number of unbranched alkanes of at least 4 members (excludes halogenated alkanes) is 9. The molecule has 17 heavy (non-hydrogen) atoms. The van der Waals surface area contributed by atoms with E-state index in [2.05, 4.69) is 20.4 Å². The first-order valence-corrected chi connectivity index (χ1v) is 7.77. The largest absolute Gasteiger partial charge is 0.0999 e. The van der Waals surface area contributed by atoms with E-state index in [9.17, 15) is 0 Å². The molecule has 0 unspecified atom stereocenters. The monoisotopic (exact) mass is 237 g/mol. The third kappa shape index (κ3) is 13.7. The number of hydrogen-bond donors (Lipinski definition) is 0. The Labute approximate surface area is 110 Å². The fraction of sp³-hybridized carbons (Fsp3) is 0.824. The van der Waals surface area contributed by atoms with Crippen LogP contribution in [0.25, 0.3) is 0 Å². The standard InChI is InChI=1S/C17H33/c1-4-6-8-9-10-11-12-14-16-17(3)15-13-7-5-2/h2-16H2,1H3. The Morgan fingerprint density at radius 2 is 1.18 bits per heavy atom. The van der Waals surface area contributed by atoms with Gasteiger partial charge in [0.25, 0.3) is 0 Å². The van der Waals surface area contributed by atoms with E-state index >= 15 is 0 Å². The van der Waals surface area contributed by atoms with Gasteiger partial charge >= 0.3 is 0 Å². The van der Waals surface area contributed by atoms with Crippen LogP contribution in [0.2, 0.25) is 0 Å². The predicted octanol–water partition coefficient (Wildman–Crippen LogP) is 6.47. The maximum Gasteiger partial charge on any atom is -0.0323 e. The van der Waals surface area contributed by atoms with Gasteiger partial charge < -0.3 is 0 Å². The Morgan fingerprint density at radius 3 is 1.71 bits per heavy atom. The van der Waals surface area contributed by atoms with Gasteiger partial charge in [-0.1, -0.05) is 83.8 Å². The van der Waals surface area contributed by atoms with Crippen molar-refractivity contribution >= 4 is 0 Å². The van der Waals surface area contributed by atoms with Crippen LogP contribution in [0.3, 0.4) is 0 Å². The highest BCUT2D eigenvalue weighted by atomic mass is 14.0. The minimum Gasteiger partial charge on any atom is -0.0999 e. The van der Waals surface area contributed by atoms with Crippen LogP contribution in [-0.4, -0.2) is 0 Å². The summed E-state index contributed by atoms with van der Waals surface area (Å²) in [4.78, 5) is 0. The number of allylic oxidation sites excluding steroid dienone is 1. The fourth-order valence-electron chi connectivity index (χ4n) is 2.19. The Balaban J connectivity index is 3.08. The maximum atomic E-state index is 4.16. The van der Waals surface area contributed by atoms with Gasteiger partial charge in [-0.25, -0.2) is 0 Å². The first kappa shape index (κ1) is 16.7. The zero-order valence-electron chi connectivity index (χ0n) is 12.1. The van der Waals surface area contributed by atoms with E-state index in [-0.39, 0.29) is 0 Å². The van der Waals surface area contributed by atoms with Gasteiger partial charge in [-0.05, 0) is 25.7 Å². The fourth-order valence-corrected chi connectivity index (χ4v) is 2.19. The minimum absolute atomic E-state index is 1.07. The van der Waals surface area contributed by atoms with Crippen LogP contribution >= 0.6 is 0 Å². The molecule has 0 atom stereocenters. The summed E-state index contributed by atoms with van der Waals surface area (Å²) in [6, 6.07) is 0. The molecule has 0 aliphatic heterocycles. The van der Waals surface area contributed by atoms with Crippen molar-refractivity contribution < 1.29 is 0 Å². The quantitative estimate of drug-likeness (QED) is 0.254. The van der Waals surface area contributed by atoms with Crippen LogP contribution < -0.4 is 0 Å². The molecule has 0 bridgehead atoms. The van der Waals surface area contributed by atoms with Crippen molar-refractivity contribution in [2.24, 2.45) is 0 Å². The van der Waals surface area contributed by atoms with Crippen molar-refractivity contribution in [2.75, 3.05) is 0 Å². The number of rotatable bonds is 13. The minimum atomic E-state index is 1.07. The van der Waals surface area contributed by atoms with Crippen molar-refractivity contribution in [2.45, 2.75) is 90.4 Å². The summed E-state index contributed by atoms with van der Waals surface area (Å²) >= 11 is 0. The Hall–Kier alpha value is -0.260. The van der Waals surface area contributed by atoms with Crippen molar-refractivity contribution in [3.05, 3.63) is 19.1 Å². The summed E-state index contributed by atoms with van der Waals surface area (Å²) in [6.07, 6.45) is 17.4. The van der Waals surface area contributed by atoms with Crippen LogP contribution in [-0.2, 0) is 0 Å². The SMILES string of the molecule is [CH2]CCCCC(=C)CCCCCCCCCC. The first-order valence-electron chi connectivity index (χ1n) is 7.77. The van der Waals surface area contributed by atoms with Gasteiger partial charge in [-0.2, -0.15) is 0 Å². The molecular weight excluding hydrogens is 204 g/mol. The first-order chi connectivity index (χ1) is 8.31. The summed E-state index contributed by atoms with van der Waals surface area (Å²) < 4.78 is 0. The maximum absolute atomic E-state index is 4.16.